The molecule has 3 aromatic carbocycles. The summed E-state index contributed by atoms with van der Waals surface area (Å²) in [7, 11) is 1.62. The number of methoxy groups -OCH3 is 1. The summed E-state index contributed by atoms with van der Waals surface area (Å²) in [6.45, 7) is 4.30. The summed E-state index contributed by atoms with van der Waals surface area (Å²) >= 11 is 0. The van der Waals surface area contributed by atoms with E-state index in [9.17, 15) is 9.90 Å². The number of carbonyl (C=O) groups is 1. The molecule has 1 aliphatic heterocycles. The van der Waals surface area contributed by atoms with Gasteiger partial charge in [0.2, 0.25) is 0 Å². The first-order chi connectivity index (χ1) is 14.5. The number of benzene rings is 3. The van der Waals surface area contributed by atoms with Gasteiger partial charge in [-0.05, 0) is 59.0 Å². The van der Waals surface area contributed by atoms with Crippen LogP contribution in [-0.4, -0.2) is 18.0 Å². The third-order valence-corrected chi connectivity index (χ3v) is 5.34. The third kappa shape index (κ3) is 3.81. The number of Topliss-reactive ketones (excluding diaryl/α,β-unsaturated/α-hetero) is 1. The SMILES string of the molecule is COc1ccc(C2Oc3ccc(O)cc3C(=O)C2=Cc2ccc(C(C)C)cc2)cc1. The summed E-state index contributed by atoms with van der Waals surface area (Å²) < 4.78 is 11.5. The quantitative estimate of drug-likeness (QED) is 0.552. The van der Waals surface area contributed by atoms with Crippen LogP contribution in [0.3, 0.4) is 0 Å². The normalized spacial score (nSPS) is 17.0. The summed E-state index contributed by atoms with van der Waals surface area (Å²) in [5, 5.41) is 9.86. The molecule has 3 aromatic rings. The minimum absolute atomic E-state index is 0.0363. The van der Waals surface area contributed by atoms with Gasteiger partial charge in [-0.3, -0.25) is 4.79 Å². The molecular formula is C26H24O4. The summed E-state index contributed by atoms with van der Waals surface area (Å²) in [5.41, 5.74) is 3.91. The van der Waals surface area contributed by atoms with Crippen molar-refractivity contribution in [2.45, 2.75) is 25.9 Å². The van der Waals surface area contributed by atoms with Gasteiger partial charge in [0.25, 0.3) is 0 Å². The lowest BCUT2D eigenvalue weighted by Gasteiger charge is -2.28. The zero-order valence-electron chi connectivity index (χ0n) is 17.3. The number of phenols is 1. The van der Waals surface area contributed by atoms with Gasteiger partial charge in [0.05, 0.1) is 12.7 Å². The minimum atomic E-state index is -0.551. The summed E-state index contributed by atoms with van der Waals surface area (Å²) in [6.07, 6.45) is 1.32. The molecular weight excluding hydrogens is 376 g/mol. The van der Waals surface area contributed by atoms with Crippen LogP contribution in [0, 0.1) is 0 Å². The molecule has 152 valence electrons. The molecule has 1 heterocycles. The first-order valence-corrected chi connectivity index (χ1v) is 9.96. The molecule has 4 rings (SSSR count). The topological polar surface area (TPSA) is 55.8 Å². The highest BCUT2D eigenvalue weighted by Crippen LogP contribution is 2.40. The number of carbonyl (C=O) groups excluding carboxylic acids is 1. The molecule has 0 amide bonds. The summed E-state index contributed by atoms with van der Waals surface area (Å²) in [4.78, 5) is 13.4. The van der Waals surface area contributed by atoms with Crippen molar-refractivity contribution in [2.24, 2.45) is 0 Å². The highest BCUT2D eigenvalue weighted by molar-refractivity contribution is 6.14. The van der Waals surface area contributed by atoms with E-state index in [4.69, 9.17) is 9.47 Å². The number of ether oxygens (including phenoxy) is 2. The highest BCUT2D eigenvalue weighted by atomic mass is 16.5. The Bertz CT molecular complexity index is 1090. The third-order valence-electron chi connectivity index (χ3n) is 5.34. The Kier molecular flexibility index (Phi) is 5.32. The van der Waals surface area contributed by atoms with Crippen LogP contribution in [0.4, 0.5) is 0 Å². The summed E-state index contributed by atoms with van der Waals surface area (Å²) in [6, 6.07) is 20.3. The maximum atomic E-state index is 13.4. The van der Waals surface area contributed by atoms with Crippen LogP contribution in [-0.2, 0) is 0 Å². The average molecular weight is 400 g/mol. The number of ketones is 1. The number of hydrogen-bond acceptors (Lipinski definition) is 4. The van der Waals surface area contributed by atoms with E-state index in [1.165, 1.54) is 17.7 Å². The zero-order valence-corrected chi connectivity index (χ0v) is 17.3. The lowest BCUT2D eigenvalue weighted by Crippen LogP contribution is -2.23. The van der Waals surface area contributed by atoms with E-state index in [1.807, 2.05) is 42.5 Å². The molecule has 4 heteroatoms. The minimum Gasteiger partial charge on any atom is -0.508 e. The predicted octanol–water partition coefficient (Wildman–Crippen LogP) is 5.92. The van der Waals surface area contributed by atoms with Crippen LogP contribution < -0.4 is 9.47 Å². The second-order valence-electron chi connectivity index (χ2n) is 7.70. The molecule has 1 aliphatic rings. The number of aromatic hydroxyl groups is 1. The Morgan fingerprint density at radius 3 is 2.33 bits per heavy atom. The van der Waals surface area contributed by atoms with Gasteiger partial charge in [0.15, 0.2) is 11.9 Å². The second kappa shape index (κ2) is 8.07. The molecule has 0 spiro atoms. The maximum absolute atomic E-state index is 13.4. The van der Waals surface area contributed by atoms with Crippen LogP contribution in [0.15, 0.2) is 72.3 Å². The van der Waals surface area contributed by atoms with E-state index in [0.29, 0.717) is 22.8 Å². The molecule has 0 bridgehead atoms. The maximum Gasteiger partial charge on any atom is 0.196 e. The molecule has 1 unspecified atom stereocenters. The molecule has 0 saturated heterocycles. The van der Waals surface area contributed by atoms with Crippen LogP contribution in [0.1, 0.15) is 52.9 Å². The fraction of sp³-hybridized carbons (Fsp3) is 0.192. The predicted molar refractivity (Wildman–Crippen MR) is 117 cm³/mol. The first-order valence-electron chi connectivity index (χ1n) is 9.96. The lowest BCUT2D eigenvalue weighted by molar-refractivity contribution is 0.0963. The lowest BCUT2D eigenvalue weighted by atomic mass is 9.89. The van der Waals surface area contributed by atoms with Crippen molar-refractivity contribution in [3.05, 3.63) is 94.6 Å². The van der Waals surface area contributed by atoms with Gasteiger partial charge >= 0.3 is 0 Å². The molecule has 0 aliphatic carbocycles. The van der Waals surface area contributed by atoms with Crippen molar-refractivity contribution in [2.75, 3.05) is 7.11 Å². The van der Waals surface area contributed by atoms with Gasteiger partial charge in [0, 0.05) is 5.57 Å². The molecule has 4 nitrogen and oxygen atoms in total. The standard InChI is InChI=1S/C26H24O4/c1-16(2)18-6-4-17(5-7-18)14-23-25(28)22-15-20(27)10-13-24(22)30-26(23)19-8-11-21(29-3)12-9-19/h4-16,26-27H,1-3H3. The molecule has 1 atom stereocenters. The van der Waals surface area contributed by atoms with Crippen molar-refractivity contribution in [3.63, 3.8) is 0 Å². The second-order valence-corrected chi connectivity index (χ2v) is 7.70. The first kappa shape index (κ1) is 19.8. The van der Waals surface area contributed by atoms with Crippen molar-refractivity contribution in [1.82, 2.24) is 0 Å². The van der Waals surface area contributed by atoms with Gasteiger partial charge in [-0.1, -0.05) is 50.2 Å². The smallest absolute Gasteiger partial charge is 0.196 e. The van der Waals surface area contributed by atoms with Crippen molar-refractivity contribution in [3.8, 4) is 17.2 Å². The molecule has 0 aromatic heterocycles. The van der Waals surface area contributed by atoms with Crippen molar-refractivity contribution >= 4 is 11.9 Å². The van der Waals surface area contributed by atoms with Gasteiger partial charge in [-0.15, -0.1) is 0 Å². The number of hydrogen-bond donors (Lipinski definition) is 1. The van der Waals surface area contributed by atoms with Gasteiger partial charge in [0.1, 0.15) is 17.2 Å². The number of fused-ring (bicyclic) bond motifs is 1. The number of rotatable bonds is 4. The van der Waals surface area contributed by atoms with E-state index in [-0.39, 0.29) is 11.5 Å². The Labute approximate surface area is 176 Å². The van der Waals surface area contributed by atoms with Crippen LogP contribution in [0.2, 0.25) is 0 Å². The fourth-order valence-electron chi connectivity index (χ4n) is 3.59. The Hall–Kier alpha value is -3.53. The zero-order chi connectivity index (χ0) is 21.3. The van der Waals surface area contributed by atoms with Crippen LogP contribution in [0.25, 0.3) is 6.08 Å². The van der Waals surface area contributed by atoms with Crippen molar-refractivity contribution < 1.29 is 19.4 Å². The van der Waals surface area contributed by atoms with Gasteiger partial charge in [-0.25, -0.2) is 0 Å². The molecule has 1 N–H and O–H groups in total. The van der Waals surface area contributed by atoms with Crippen LogP contribution in [0.5, 0.6) is 17.2 Å². The van der Waals surface area contributed by atoms with E-state index < -0.39 is 6.10 Å². The van der Waals surface area contributed by atoms with E-state index in [1.54, 1.807) is 13.2 Å². The number of phenolic OH excluding ortho intramolecular Hbond substituents is 1. The van der Waals surface area contributed by atoms with E-state index >= 15 is 0 Å². The molecule has 0 saturated carbocycles. The Balaban J connectivity index is 1.80. The van der Waals surface area contributed by atoms with Gasteiger partial charge < -0.3 is 14.6 Å². The molecule has 0 fully saturated rings. The monoisotopic (exact) mass is 400 g/mol. The van der Waals surface area contributed by atoms with Crippen LogP contribution >= 0.6 is 0 Å². The van der Waals surface area contributed by atoms with E-state index in [2.05, 4.69) is 26.0 Å². The van der Waals surface area contributed by atoms with Gasteiger partial charge in [-0.2, -0.15) is 0 Å². The fourth-order valence-corrected chi connectivity index (χ4v) is 3.59. The largest absolute Gasteiger partial charge is 0.508 e. The molecule has 0 radical (unpaired) electrons. The Morgan fingerprint density at radius 1 is 1.00 bits per heavy atom. The molecule has 30 heavy (non-hydrogen) atoms. The van der Waals surface area contributed by atoms with Crippen molar-refractivity contribution in [1.29, 1.82) is 0 Å². The Morgan fingerprint density at radius 2 is 1.70 bits per heavy atom. The average Bonchev–Trinajstić information content (AvgIpc) is 2.76. The van der Waals surface area contributed by atoms with E-state index in [0.717, 1.165) is 16.9 Å². The highest BCUT2D eigenvalue weighted by Gasteiger charge is 2.33. The summed E-state index contributed by atoms with van der Waals surface area (Å²) in [5.74, 6) is 1.52.